The van der Waals surface area contributed by atoms with Crippen molar-refractivity contribution in [1.82, 2.24) is 5.32 Å². The highest BCUT2D eigenvalue weighted by Gasteiger charge is 2.20. The summed E-state index contributed by atoms with van der Waals surface area (Å²) in [5.41, 5.74) is 0.374. The lowest BCUT2D eigenvalue weighted by atomic mass is 10.1. The summed E-state index contributed by atoms with van der Waals surface area (Å²) >= 11 is 0. The minimum atomic E-state index is -1.08. The van der Waals surface area contributed by atoms with Crippen molar-refractivity contribution in [2.24, 2.45) is 0 Å². The van der Waals surface area contributed by atoms with Crippen LogP contribution in [0.1, 0.15) is 71.3 Å². The van der Waals surface area contributed by atoms with Gasteiger partial charge in [-0.05, 0) is 39.2 Å². The van der Waals surface area contributed by atoms with E-state index in [0.717, 1.165) is 31.2 Å². The van der Waals surface area contributed by atoms with E-state index in [-0.39, 0.29) is 12.6 Å². The van der Waals surface area contributed by atoms with Crippen LogP contribution in [-0.4, -0.2) is 34.8 Å². The number of carbonyl (C=O) groups is 3. The summed E-state index contributed by atoms with van der Waals surface area (Å²) in [5, 5.41) is 11.7. The first-order valence-electron chi connectivity index (χ1n) is 10.1. The number of benzene rings is 1. The molecule has 0 unspecified atom stereocenters. The van der Waals surface area contributed by atoms with Crippen molar-refractivity contribution in [2.75, 3.05) is 0 Å². The van der Waals surface area contributed by atoms with Crippen LogP contribution >= 0.6 is 0 Å². The lowest BCUT2D eigenvalue weighted by molar-refractivity contribution is -0.155. The normalized spacial score (nSPS) is 12.1. The zero-order valence-electron chi connectivity index (χ0n) is 17.6. The average Bonchev–Trinajstić information content (AvgIpc) is 2.64. The molecule has 1 aromatic carbocycles. The first kappa shape index (κ1) is 24.5. The fourth-order valence-corrected chi connectivity index (χ4v) is 2.71. The summed E-state index contributed by atoms with van der Waals surface area (Å²) in [6.07, 6.45) is 4.02. The van der Waals surface area contributed by atoms with E-state index >= 15 is 0 Å². The molecule has 0 aromatic heterocycles. The van der Waals surface area contributed by atoms with Crippen molar-refractivity contribution >= 4 is 18.0 Å². The minimum Gasteiger partial charge on any atom is -0.480 e. The second-order valence-electron chi connectivity index (χ2n) is 7.99. The number of hydrogen-bond donors (Lipinski definition) is 2. The van der Waals surface area contributed by atoms with Gasteiger partial charge in [0.15, 0.2) is 0 Å². The van der Waals surface area contributed by atoms with Gasteiger partial charge >= 0.3 is 18.0 Å². The van der Waals surface area contributed by atoms with Crippen LogP contribution in [-0.2, 0) is 25.7 Å². The zero-order valence-corrected chi connectivity index (χ0v) is 17.6. The Morgan fingerprint density at radius 1 is 1.00 bits per heavy atom. The number of carbonyl (C=O) groups excluding carboxylic acids is 2. The Morgan fingerprint density at radius 2 is 1.62 bits per heavy atom. The maximum Gasteiger partial charge on any atom is 0.408 e. The third-order valence-electron chi connectivity index (χ3n) is 4.10. The minimum absolute atomic E-state index is 0.0939. The highest BCUT2D eigenvalue weighted by Crippen LogP contribution is 2.13. The molecule has 0 aliphatic heterocycles. The molecule has 0 heterocycles. The van der Waals surface area contributed by atoms with E-state index in [9.17, 15) is 19.5 Å². The maximum atomic E-state index is 11.8. The summed E-state index contributed by atoms with van der Waals surface area (Å²) in [6.45, 7) is 5.62. The third-order valence-corrected chi connectivity index (χ3v) is 4.10. The zero-order chi connectivity index (χ0) is 21.7. The number of carboxylic acids is 1. The highest BCUT2D eigenvalue weighted by molar-refractivity contribution is 5.79. The molecule has 0 radical (unpaired) electrons. The summed E-state index contributed by atoms with van der Waals surface area (Å²) in [6, 6.07) is 8.21. The van der Waals surface area contributed by atoms with Gasteiger partial charge in [-0.3, -0.25) is 4.79 Å². The Morgan fingerprint density at radius 3 is 2.24 bits per heavy atom. The Hall–Kier alpha value is -2.57. The van der Waals surface area contributed by atoms with Gasteiger partial charge in [0.1, 0.15) is 18.2 Å². The summed E-state index contributed by atoms with van der Waals surface area (Å²) in [4.78, 5) is 34.8. The predicted molar refractivity (Wildman–Crippen MR) is 109 cm³/mol. The van der Waals surface area contributed by atoms with Crippen LogP contribution in [0.15, 0.2) is 30.3 Å². The van der Waals surface area contributed by atoms with Crippen LogP contribution in [0, 0.1) is 0 Å². The smallest absolute Gasteiger partial charge is 0.408 e. The van der Waals surface area contributed by atoms with Gasteiger partial charge in [-0.25, -0.2) is 9.59 Å². The summed E-state index contributed by atoms with van der Waals surface area (Å²) < 4.78 is 10.3. The monoisotopic (exact) mass is 407 g/mol. The molecule has 1 atom stereocenters. The van der Waals surface area contributed by atoms with E-state index in [0.29, 0.717) is 19.3 Å². The first-order chi connectivity index (χ1) is 13.7. The summed E-state index contributed by atoms with van der Waals surface area (Å²) in [7, 11) is 0. The quantitative estimate of drug-likeness (QED) is 0.392. The topological polar surface area (TPSA) is 102 Å². The van der Waals surface area contributed by atoms with Crippen LogP contribution in [0.4, 0.5) is 4.79 Å². The van der Waals surface area contributed by atoms with E-state index in [4.69, 9.17) is 9.47 Å². The van der Waals surface area contributed by atoms with Crippen LogP contribution < -0.4 is 5.32 Å². The van der Waals surface area contributed by atoms with Crippen LogP contribution in [0.25, 0.3) is 0 Å². The number of unbranched alkanes of at least 4 members (excludes halogenated alkanes) is 4. The molecule has 1 rings (SSSR count). The largest absolute Gasteiger partial charge is 0.480 e. The second kappa shape index (κ2) is 12.8. The van der Waals surface area contributed by atoms with Gasteiger partial charge in [0.2, 0.25) is 0 Å². The fraction of sp³-hybridized carbons (Fsp3) is 0.591. The number of aliphatic carboxylic acids is 1. The van der Waals surface area contributed by atoms with Gasteiger partial charge in [0.25, 0.3) is 0 Å². The Balaban J connectivity index is 2.17. The van der Waals surface area contributed by atoms with Crippen LogP contribution in [0.2, 0.25) is 0 Å². The van der Waals surface area contributed by atoms with Crippen molar-refractivity contribution in [3.8, 4) is 0 Å². The number of alkyl carbamates (subject to hydrolysis) is 1. The number of ether oxygens (including phenoxy) is 2. The molecule has 0 spiro atoms. The van der Waals surface area contributed by atoms with E-state index in [1.807, 2.05) is 51.1 Å². The molecular weight excluding hydrogens is 374 g/mol. The number of rotatable bonds is 12. The van der Waals surface area contributed by atoms with Crippen molar-refractivity contribution < 1.29 is 29.0 Å². The molecule has 0 saturated carbocycles. The standard InChI is InChI=1S/C22H33NO6/c1-22(2,3)29-19(24)15-11-6-4-5-10-14-18(20(25)26)23-21(27)28-16-17-12-8-7-9-13-17/h7-9,12-13,18H,4-6,10-11,14-16H2,1-3H3,(H,23,27)(H,25,26)/t18-/m0/s1. The van der Waals surface area contributed by atoms with Crippen LogP contribution in [0.5, 0.6) is 0 Å². The van der Waals surface area contributed by atoms with E-state index in [1.54, 1.807) is 0 Å². The average molecular weight is 408 g/mol. The molecule has 7 heteroatoms. The molecule has 0 saturated heterocycles. The highest BCUT2D eigenvalue weighted by atomic mass is 16.6. The predicted octanol–water partition coefficient (Wildman–Crippen LogP) is 4.44. The number of esters is 1. The molecule has 162 valence electrons. The van der Waals surface area contributed by atoms with Gasteiger partial charge in [0, 0.05) is 6.42 Å². The van der Waals surface area contributed by atoms with E-state index in [2.05, 4.69) is 5.32 Å². The molecule has 1 amide bonds. The van der Waals surface area contributed by atoms with E-state index in [1.165, 1.54) is 0 Å². The Labute approximate surface area is 172 Å². The second-order valence-corrected chi connectivity index (χ2v) is 7.99. The van der Waals surface area contributed by atoms with Gasteiger partial charge in [-0.1, -0.05) is 56.0 Å². The fourth-order valence-electron chi connectivity index (χ4n) is 2.71. The SMILES string of the molecule is CC(C)(C)OC(=O)CCCCCCC[C@H](NC(=O)OCc1ccccc1)C(=O)O. The van der Waals surface area contributed by atoms with Gasteiger partial charge < -0.3 is 19.9 Å². The summed E-state index contributed by atoms with van der Waals surface area (Å²) in [5.74, 6) is -1.27. The molecule has 2 N–H and O–H groups in total. The molecule has 7 nitrogen and oxygen atoms in total. The molecule has 0 aliphatic rings. The Bertz CT molecular complexity index is 638. The van der Waals surface area contributed by atoms with Gasteiger partial charge in [-0.15, -0.1) is 0 Å². The lowest BCUT2D eigenvalue weighted by Crippen LogP contribution is -2.40. The number of amides is 1. The first-order valence-corrected chi connectivity index (χ1v) is 10.1. The molecule has 29 heavy (non-hydrogen) atoms. The molecule has 0 bridgehead atoms. The molecule has 1 aromatic rings. The van der Waals surface area contributed by atoms with Crippen LogP contribution in [0.3, 0.4) is 0 Å². The lowest BCUT2D eigenvalue weighted by Gasteiger charge is -2.19. The number of carboxylic acid groups (broad SMARTS) is 1. The molecule has 0 aliphatic carbocycles. The number of hydrogen-bond acceptors (Lipinski definition) is 5. The maximum absolute atomic E-state index is 11.8. The number of nitrogens with one attached hydrogen (secondary N) is 1. The third kappa shape index (κ3) is 12.5. The molecular formula is C22H33NO6. The van der Waals surface area contributed by atoms with E-state index < -0.39 is 23.7 Å². The van der Waals surface area contributed by atoms with Crippen molar-refractivity contribution in [3.63, 3.8) is 0 Å². The van der Waals surface area contributed by atoms with Gasteiger partial charge in [-0.2, -0.15) is 0 Å². The van der Waals surface area contributed by atoms with Crippen molar-refractivity contribution in [1.29, 1.82) is 0 Å². The van der Waals surface area contributed by atoms with Crippen molar-refractivity contribution in [2.45, 2.75) is 84.0 Å². The Kier molecular flexibility index (Phi) is 10.8. The molecule has 0 fully saturated rings. The van der Waals surface area contributed by atoms with Gasteiger partial charge in [0.05, 0.1) is 0 Å². The van der Waals surface area contributed by atoms with Crippen molar-refractivity contribution in [3.05, 3.63) is 35.9 Å².